The van der Waals surface area contributed by atoms with Gasteiger partial charge in [-0.1, -0.05) is 18.2 Å². The predicted molar refractivity (Wildman–Crippen MR) is 91.1 cm³/mol. The lowest BCUT2D eigenvalue weighted by atomic mass is 10.1. The van der Waals surface area contributed by atoms with Gasteiger partial charge < -0.3 is 19.9 Å². The molecule has 0 amide bonds. The first-order chi connectivity index (χ1) is 11.4. The molecule has 3 heterocycles. The lowest BCUT2D eigenvalue weighted by Crippen LogP contribution is -2.55. The van der Waals surface area contributed by atoms with Crippen LogP contribution in [0.3, 0.4) is 0 Å². The molecule has 2 aromatic rings. The van der Waals surface area contributed by atoms with E-state index in [9.17, 15) is 0 Å². The van der Waals surface area contributed by atoms with Crippen LogP contribution in [0.25, 0.3) is 0 Å². The summed E-state index contributed by atoms with van der Waals surface area (Å²) in [5, 5.41) is 3.54. The Morgan fingerprint density at radius 2 is 1.65 bits per heavy atom. The average molecular weight is 311 g/mol. The van der Waals surface area contributed by atoms with Crippen LogP contribution in [-0.2, 0) is 4.74 Å². The number of aromatic nitrogens is 2. The number of morpholine rings is 1. The number of hydrogen-bond donors (Lipinski definition) is 1. The third-order valence-corrected chi connectivity index (χ3v) is 4.32. The number of anilines is 3. The molecule has 0 radical (unpaired) electrons. The van der Waals surface area contributed by atoms with E-state index in [-0.39, 0.29) is 0 Å². The van der Waals surface area contributed by atoms with E-state index >= 15 is 0 Å². The van der Waals surface area contributed by atoms with Gasteiger partial charge in [0.2, 0.25) is 0 Å². The first kappa shape index (κ1) is 14.3. The molecule has 1 aromatic carbocycles. The van der Waals surface area contributed by atoms with Crippen LogP contribution in [-0.4, -0.2) is 55.4 Å². The van der Waals surface area contributed by atoms with Gasteiger partial charge in [0, 0.05) is 37.9 Å². The minimum atomic E-state index is 0.471. The quantitative estimate of drug-likeness (QED) is 0.926. The molecule has 23 heavy (non-hydrogen) atoms. The summed E-state index contributed by atoms with van der Waals surface area (Å²) < 4.78 is 5.40. The third kappa shape index (κ3) is 3.22. The highest BCUT2D eigenvalue weighted by Gasteiger charge is 2.28. The monoisotopic (exact) mass is 311 g/mol. The van der Waals surface area contributed by atoms with E-state index < -0.39 is 0 Å². The summed E-state index contributed by atoms with van der Waals surface area (Å²) in [6.07, 6.45) is 1.66. The molecule has 0 spiro atoms. The zero-order valence-corrected chi connectivity index (χ0v) is 13.1. The number of rotatable bonds is 4. The number of nitrogens with one attached hydrogen (secondary N) is 1. The molecule has 2 aliphatic heterocycles. The first-order valence-corrected chi connectivity index (χ1v) is 8.10. The van der Waals surface area contributed by atoms with Crippen LogP contribution in [0.2, 0.25) is 0 Å². The van der Waals surface area contributed by atoms with Crippen LogP contribution in [0.5, 0.6) is 0 Å². The van der Waals surface area contributed by atoms with Crippen LogP contribution in [0.4, 0.5) is 17.3 Å². The van der Waals surface area contributed by atoms with Crippen LogP contribution < -0.4 is 15.1 Å². The Bertz CT molecular complexity index is 638. The van der Waals surface area contributed by atoms with Crippen LogP contribution in [0.15, 0.2) is 42.7 Å². The molecule has 0 bridgehead atoms. The van der Waals surface area contributed by atoms with Gasteiger partial charge in [-0.15, -0.1) is 0 Å². The molecule has 6 heteroatoms. The molecule has 0 unspecified atom stereocenters. The summed E-state index contributed by atoms with van der Waals surface area (Å²) in [6.45, 7) is 5.27. The second-order valence-corrected chi connectivity index (χ2v) is 5.95. The molecule has 120 valence electrons. The maximum absolute atomic E-state index is 5.40. The molecule has 0 aliphatic carbocycles. The highest BCUT2D eigenvalue weighted by atomic mass is 16.5. The maximum atomic E-state index is 5.40. The number of nitrogens with zero attached hydrogens (tertiary/aromatic N) is 4. The van der Waals surface area contributed by atoms with Crippen LogP contribution >= 0.6 is 0 Å². The van der Waals surface area contributed by atoms with Gasteiger partial charge >= 0.3 is 0 Å². The number of para-hydroxylation sites is 1. The Hall–Kier alpha value is -2.34. The molecular formula is C17H21N5O. The van der Waals surface area contributed by atoms with E-state index in [1.54, 1.807) is 6.33 Å². The van der Waals surface area contributed by atoms with Crippen molar-refractivity contribution in [3.05, 3.63) is 42.7 Å². The van der Waals surface area contributed by atoms with Gasteiger partial charge in [-0.3, -0.25) is 0 Å². The fourth-order valence-electron chi connectivity index (χ4n) is 3.00. The largest absolute Gasteiger partial charge is 0.379 e. The molecule has 4 rings (SSSR count). The molecule has 2 aliphatic rings. The van der Waals surface area contributed by atoms with Crippen molar-refractivity contribution in [1.29, 1.82) is 0 Å². The van der Waals surface area contributed by atoms with Crippen LogP contribution in [0, 0.1) is 0 Å². The van der Waals surface area contributed by atoms with Crippen molar-refractivity contribution in [3.8, 4) is 0 Å². The van der Waals surface area contributed by atoms with Crippen molar-refractivity contribution in [1.82, 2.24) is 9.97 Å². The molecule has 6 nitrogen and oxygen atoms in total. The fourth-order valence-corrected chi connectivity index (χ4v) is 3.00. The second-order valence-electron chi connectivity index (χ2n) is 5.95. The zero-order valence-electron chi connectivity index (χ0n) is 13.1. The Morgan fingerprint density at radius 1 is 0.957 bits per heavy atom. The number of hydrogen-bond acceptors (Lipinski definition) is 6. The highest BCUT2D eigenvalue weighted by molar-refractivity contribution is 5.54. The topological polar surface area (TPSA) is 53.5 Å². The molecule has 2 fully saturated rings. The predicted octanol–water partition coefficient (Wildman–Crippen LogP) is 1.61. The first-order valence-electron chi connectivity index (χ1n) is 8.10. The molecule has 0 atom stereocenters. The van der Waals surface area contributed by atoms with Gasteiger partial charge in [0.1, 0.15) is 18.0 Å². The third-order valence-electron chi connectivity index (χ3n) is 4.32. The minimum absolute atomic E-state index is 0.471. The van der Waals surface area contributed by atoms with E-state index in [1.165, 1.54) is 5.69 Å². The maximum Gasteiger partial charge on any atom is 0.134 e. The van der Waals surface area contributed by atoms with Crippen molar-refractivity contribution in [2.45, 2.75) is 6.04 Å². The molecule has 0 saturated carbocycles. The van der Waals surface area contributed by atoms with E-state index in [0.717, 1.165) is 51.0 Å². The van der Waals surface area contributed by atoms with Crippen molar-refractivity contribution in [2.24, 2.45) is 0 Å². The Kier molecular flexibility index (Phi) is 3.98. The Morgan fingerprint density at radius 3 is 2.39 bits per heavy atom. The summed E-state index contributed by atoms with van der Waals surface area (Å²) in [5.74, 6) is 2.00. The normalized spacial score (nSPS) is 18.6. The van der Waals surface area contributed by atoms with E-state index in [4.69, 9.17) is 4.74 Å². The average Bonchev–Trinajstić information content (AvgIpc) is 2.59. The molecule has 1 aromatic heterocycles. The van der Waals surface area contributed by atoms with Gasteiger partial charge in [0.25, 0.3) is 0 Å². The van der Waals surface area contributed by atoms with Gasteiger partial charge in [-0.05, 0) is 12.1 Å². The highest BCUT2D eigenvalue weighted by Crippen LogP contribution is 2.24. The zero-order chi connectivity index (χ0) is 15.5. The van der Waals surface area contributed by atoms with Crippen molar-refractivity contribution < 1.29 is 4.74 Å². The summed E-state index contributed by atoms with van der Waals surface area (Å²) in [7, 11) is 0. The summed E-state index contributed by atoms with van der Waals surface area (Å²) in [4.78, 5) is 13.4. The van der Waals surface area contributed by atoms with Crippen molar-refractivity contribution in [3.63, 3.8) is 0 Å². The van der Waals surface area contributed by atoms with Crippen molar-refractivity contribution in [2.75, 3.05) is 54.5 Å². The van der Waals surface area contributed by atoms with Crippen LogP contribution in [0.1, 0.15) is 0 Å². The molecule has 1 N–H and O–H groups in total. The molecular weight excluding hydrogens is 290 g/mol. The molecule has 2 saturated heterocycles. The smallest absolute Gasteiger partial charge is 0.134 e. The summed E-state index contributed by atoms with van der Waals surface area (Å²) in [6, 6.07) is 12.9. The lowest BCUT2D eigenvalue weighted by Gasteiger charge is -2.41. The van der Waals surface area contributed by atoms with Crippen molar-refractivity contribution >= 4 is 17.3 Å². The minimum Gasteiger partial charge on any atom is -0.379 e. The van der Waals surface area contributed by atoms with E-state index in [1.807, 2.05) is 6.07 Å². The van der Waals surface area contributed by atoms with Gasteiger partial charge in [-0.2, -0.15) is 0 Å². The Balaban J connectivity index is 1.36. The van der Waals surface area contributed by atoms with Gasteiger partial charge in [0.15, 0.2) is 0 Å². The Labute approximate surface area is 136 Å². The SMILES string of the molecule is c1ccc(NC2CN(c3cc(N4CCOCC4)ncn3)C2)cc1. The van der Waals surface area contributed by atoms with Gasteiger partial charge in [0.05, 0.1) is 19.3 Å². The number of ether oxygens (including phenoxy) is 1. The fraction of sp³-hybridized carbons (Fsp3) is 0.412. The summed E-state index contributed by atoms with van der Waals surface area (Å²) >= 11 is 0. The van der Waals surface area contributed by atoms with E-state index in [0.29, 0.717) is 6.04 Å². The summed E-state index contributed by atoms with van der Waals surface area (Å²) in [5.41, 5.74) is 1.17. The van der Waals surface area contributed by atoms with E-state index in [2.05, 4.69) is 55.4 Å². The number of benzene rings is 1. The van der Waals surface area contributed by atoms with Gasteiger partial charge in [-0.25, -0.2) is 9.97 Å². The standard InChI is InChI=1S/C17H21N5O/c1-2-4-14(5-3-1)20-15-11-22(12-15)17-10-16(18-13-19-17)21-6-8-23-9-7-21/h1-5,10,13,15,20H,6-9,11-12H2. The second kappa shape index (κ2) is 6.42. The lowest BCUT2D eigenvalue weighted by molar-refractivity contribution is 0.122.